The van der Waals surface area contributed by atoms with E-state index >= 15 is 0 Å². The summed E-state index contributed by atoms with van der Waals surface area (Å²) in [5.74, 6) is -1.83. The maximum absolute atomic E-state index is 11.9. The number of nitrogens with two attached hydrogens (primary N) is 1. The van der Waals surface area contributed by atoms with Gasteiger partial charge in [0.25, 0.3) is 0 Å². The normalized spacial score (nSPS) is 13.5. The van der Waals surface area contributed by atoms with Crippen molar-refractivity contribution in [1.82, 2.24) is 10.6 Å². The number of ether oxygens (including phenoxy) is 1. The van der Waals surface area contributed by atoms with Crippen LogP contribution >= 0.6 is 0 Å². The SMILES string of the molecule is C[C@@H](CC#N)[C@@H](NC(=O)C[C@@H](O)CNC(=O)OCc1ccccc1)C(N)=O. The van der Waals surface area contributed by atoms with E-state index in [1.807, 2.05) is 24.3 Å². The second-order valence-corrected chi connectivity index (χ2v) is 6.09. The average molecular weight is 376 g/mol. The van der Waals surface area contributed by atoms with Crippen LogP contribution in [0.4, 0.5) is 4.79 Å². The summed E-state index contributed by atoms with van der Waals surface area (Å²) in [7, 11) is 0. The third-order valence-corrected chi connectivity index (χ3v) is 3.72. The highest BCUT2D eigenvalue weighted by molar-refractivity contribution is 5.87. The largest absolute Gasteiger partial charge is 0.445 e. The lowest BCUT2D eigenvalue weighted by molar-refractivity contribution is -0.129. The Hall–Kier alpha value is -3.12. The summed E-state index contributed by atoms with van der Waals surface area (Å²) in [4.78, 5) is 34.9. The number of benzene rings is 1. The minimum atomic E-state index is -1.17. The summed E-state index contributed by atoms with van der Waals surface area (Å²) in [5.41, 5.74) is 6.04. The van der Waals surface area contributed by atoms with E-state index < -0.39 is 36.0 Å². The fourth-order valence-corrected chi connectivity index (χ4v) is 2.25. The molecule has 0 aliphatic rings. The minimum absolute atomic E-state index is 0.0469. The van der Waals surface area contributed by atoms with Crippen LogP contribution in [0, 0.1) is 17.2 Å². The van der Waals surface area contributed by atoms with Crippen molar-refractivity contribution >= 4 is 17.9 Å². The van der Waals surface area contributed by atoms with Crippen molar-refractivity contribution in [3.8, 4) is 6.07 Å². The predicted octanol–water partition coefficient (Wildman–Crippen LogP) is 0.184. The molecule has 0 aliphatic carbocycles. The van der Waals surface area contributed by atoms with Gasteiger partial charge in [0, 0.05) is 13.0 Å². The summed E-state index contributed by atoms with van der Waals surface area (Å²) < 4.78 is 4.98. The van der Waals surface area contributed by atoms with Crippen LogP contribution in [0.3, 0.4) is 0 Å². The monoisotopic (exact) mass is 376 g/mol. The van der Waals surface area contributed by atoms with Gasteiger partial charge in [-0.25, -0.2) is 4.79 Å². The fourth-order valence-electron chi connectivity index (χ4n) is 2.25. The molecule has 0 unspecified atom stereocenters. The molecule has 1 rings (SSSR count). The standard InChI is InChI=1S/C18H24N4O5/c1-12(7-8-19)16(17(20)25)22-15(24)9-14(23)10-21-18(26)27-11-13-5-3-2-4-6-13/h2-6,12,14,16,23H,7,9-11H2,1H3,(H2,20,25)(H,21,26)(H,22,24)/t12-,14+,16+/m0/s1. The molecule has 1 aromatic rings. The number of carbonyl (C=O) groups is 3. The molecule has 3 amide bonds. The predicted molar refractivity (Wildman–Crippen MR) is 95.8 cm³/mol. The molecular weight excluding hydrogens is 352 g/mol. The van der Waals surface area contributed by atoms with Gasteiger partial charge in [0.15, 0.2) is 0 Å². The summed E-state index contributed by atoms with van der Waals surface area (Å²) >= 11 is 0. The number of nitriles is 1. The molecule has 146 valence electrons. The smallest absolute Gasteiger partial charge is 0.407 e. The van der Waals surface area contributed by atoms with Gasteiger partial charge >= 0.3 is 6.09 Å². The van der Waals surface area contributed by atoms with Gasteiger partial charge in [-0.05, 0) is 11.5 Å². The van der Waals surface area contributed by atoms with Crippen molar-refractivity contribution in [2.75, 3.05) is 6.54 Å². The molecular formula is C18H24N4O5. The van der Waals surface area contributed by atoms with Crippen LogP contribution in [0.15, 0.2) is 30.3 Å². The Kier molecular flexibility index (Phi) is 9.33. The number of alkyl carbamates (subject to hydrolysis) is 1. The average Bonchev–Trinajstić information content (AvgIpc) is 2.63. The molecule has 27 heavy (non-hydrogen) atoms. The lowest BCUT2D eigenvalue weighted by Gasteiger charge is -2.21. The highest BCUT2D eigenvalue weighted by Gasteiger charge is 2.25. The van der Waals surface area contributed by atoms with E-state index in [0.717, 1.165) is 5.56 Å². The Balaban J connectivity index is 2.34. The molecule has 0 saturated carbocycles. The summed E-state index contributed by atoms with van der Waals surface area (Å²) in [6.45, 7) is 1.50. The van der Waals surface area contributed by atoms with E-state index in [4.69, 9.17) is 15.7 Å². The zero-order valence-corrected chi connectivity index (χ0v) is 15.1. The lowest BCUT2D eigenvalue weighted by atomic mass is 9.98. The van der Waals surface area contributed by atoms with Crippen LogP contribution in [0.2, 0.25) is 0 Å². The molecule has 1 aromatic carbocycles. The van der Waals surface area contributed by atoms with Crippen LogP contribution in [0.1, 0.15) is 25.3 Å². The first-order chi connectivity index (χ1) is 12.8. The second kappa shape index (κ2) is 11.5. The van der Waals surface area contributed by atoms with Crippen LogP contribution in [0.5, 0.6) is 0 Å². The van der Waals surface area contributed by atoms with Gasteiger partial charge in [0.1, 0.15) is 12.6 Å². The van der Waals surface area contributed by atoms with Crippen LogP contribution in [0.25, 0.3) is 0 Å². The van der Waals surface area contributed by atoms with Gasteiger partial charge < -0.3 is 26.2 Å². The Bertz CT molecular complexity index is 674. The number of hydrogen-bond donors (Lipinski definition) is 4. The number of aliphatic hydroxyl groups excluding tert-OH is 1. The number of nitrogens with one attached hydrogen (secondary N) is 2. The molecule has 3 atom stereocenters. The van der Waals surface area contributed by atoms with Crippen LogP contribution in [-0.2, 0) is 20.9 Å². The number of amides is 3. The van der Waals surface area contributed by atoms with Gasteiger partial charge in [0.2, 0.25) is 11.8 Å². The number of hydrogen-bond acceptors (Lipinski definition) is 6. The van der Waals surface area contributed by atoms with Crippen molar-refractivity contribution in [3.05, 3.63) is 35.9 Å². The second-order valence-electron chi connectivity index (χ2n) is 6.09. The van der Waals surface area contributed by atoms with Gasteiger partial charge in [0.05, 0.1) is 18.6 Å². The van der Waals surface area contributed by atoms with Crippen molar-refractivity contribution in [1.29, 1.82) is 5.26 Å². The van der Waals surface area contributed by atoms with Crippen molar-refractivity contribution in [2.45, 2.75) is 38.5 Å². The van der Waals surface area contributed by atoms with E-state index in [-0.39, 0.29) is 26.0 Å². The van der Waals surface area contributed by atoms with Gasteiger partial charge in [-0.3, -0.25) is 9.59 Å². The molecule has 0 radical (unpaired) electrons. The molecule has 0 aliphatic heterocycles. The Morgan fingerprint density at radius 3 is 2.56 bits per heavy atom. The van der Waals surface area contributed by atoms with Crippen molar-refractivity contribution < 1.29 is 24.2 Å². The minimum Gasteiger partial charge on any atom is -0.445 e. The van der Waals surface area contributed by atoms with Crippen LogP contribution in [-0.4, -0.2) is 41.7 Å². The topological polar surface area (TPSA) is 155 Å². The third-order valence-electron chi connectivity index (χ3n) is 3.72. The van der Waals surface area contributed by atoms with E-state index in [0.29, 0.717) is 0 Å². The molecule has 9 heteroatoms. The Labute approximate surface area is 157 Å². The molecule has 9 nitrogen and oxygen atoms in total. The van der Waals surface area contributed by atoms with Crippen molar-refractivity contribution in [3.63, 3.8) is 0 Å². The Morgan fingerprint density at radius 1 is 1.30 bits per heavy atom. The van der Waals surface area contributed by atoms with Gasteiger partial charge in [-0.1, -0.05) is 37.3 Å². The summed E-state index contributed by atoms with van der Waals surface area (Å²) in [6, 6.07) is 9.97. The Morgan fingerprint density at radius 2 is 1.96 bits per heavy atom. The number of aliphatic hydroxyl groups is 1. The highest BCUT2D eigenvalue weighted by atomic mass is 16.5. The van der Waals surface area contributed by atoms with E-state index in [1.54, 1.807) is 19.1 Å². The third kappa shape index (κ3) is 8.69. The van der Waals surface area contributed by atoms with E-state index in [2.05, 4.69) is 10.6 Å². The van der Waals surface area contributed by atoms with E-state index in [9.17, 15) is 19.5 Å². The molecule has 5 N–H and O–H groups in total. The first kappa shape index (κ1) is 21.9. The molecule has 0 heterocycles. The highest BCUT2D eigenvalue weighted by Crippen LogP contribution is 2.08. The van der Waals surface area contributed by atoms with Crippen LogP contribution < -0.4 is 16.4 Å². The summed E-state index contributed by atoms with van der Waals surface area (Å²) in [6.07, 6.45) is -2.20. The fraction of sp³-hybridized carbons (Fsp3) is 0.444. The number of carbonyl (C=O) groups excluding carboxylic acids is 3. The first-order valence-corrected chi connectivity index (χ1v) is 8.41. The lowest BCUT2D eigenvalue weighted by Crippen LogP contribution is -2.49. The summed E-state index contributed by atoms with van der Waals surface area (Å²) in [5, 5.41) is 23.3. The quantitative estimate of drug-likeness (QED) is 0.457. The van der Waals surface area contributed by atoms with Gasteiger partial charge in [-0.15, -0.1) is 0 Å². The molecule has 0 bridgehead atoms. The number of nitrogens with zero attached hydrogens (tertiary/aromatic N) is 1. The zero-order valence-electron chi connectivity index (χ0n) is 15.1. The first-order valence-electron chi connectivity index (χ1n) is 8.41. The number of primary amides is 1. The maximum atomic E-state index is 11.9. The molecule has 0 saturated heterocycles. The molecule has 0 spiro atoms. The van der Waals surface area contributed by atoms with Gasteiger partial charge in [-0.2, -0.15) is 5.26 Å². The van der Waals surface area contributed by atoms with Crippen molar-refractivity contribution in [2.24, 2.45) is 11.7 Å². The molecule has 0 aromatic heterocycles. The maximum Gasteiger partial charge on any atom is 0.407 e. The number of rotatable bonds is 10. The van der Waals surface area contributed by atoms with E-state index in [1.165, 1.54) is 0 Å². The molecule has 0 fully saturated rings. The zero-order chi connectivity index (χ0) is 20.2.